The molecule has 0 aromatic carbocycles. The Morgan fingerprint density at radius 1 is 1.67 bits per heavy atom. The molecule has 0 saturated carbocycles. The molecule has 0 aliphatic rings. The van der Waals surface area contributed by atoms with Crippen molar-refractivity contribution in [3.05, 3.63) is 0 Å². The van der Waals surface area contributed by atoms with Gasteiger partial charge in [-0.3, -0.25) is 0 Å². The molecule has 0 aromatic rings. The first kappa shape index (κ1) is 11.0. The standard InChI is InChI=1S/C6H7O5P/c1-11-6(9)4(5(7)8)2-3-12-10/h4H,2H2,1H3,(H,7,8). The van der Waals surface area contributed by atoms with Crippen LogP contribution in [0.4, 0.5) is 0 Å². The topological polar surface area (TPSA) is 80.7 Å². The second-order valence-corrected chi connectivity index (χ2v) is 2.37. The van der Waals surface area contributed by atoms with Crippen molar-refractivity contribution >= 4 is 19.9 Å². The molecule has 1 unspecified atom stereocenters. The molecule has 0 radical (unpaired) electrons. The summed E-state index contributed by atoms with van der Waals surface area (Å²) in [5.41, 5.74) is 2.18. The quantitative estimate of drug-likeness (QED) is 0.398. The van der Waals surface area contributed by atoms with Crippen LogP contribution in [-0.4, -0.2) is 24.2 Å². The number of esters is 1. The number of carbonyl (C=O) groups excluding carboxylic acids is 1. The molecule has 1 atom stereocenters. The Bertz CT molecular complexity index is 277. The third-order valence-electron chi connectivity index (χ3n) is 1.14. The van der Waals surface area contributed by atoms with E-state index in [-0.39, 0.29) is 6.42 Å². The van der Waals surface area contributed by atoms with Gasteiger partial charge in [0.2, 0.25) is 0 Å². The van der Waals surface area contributed by atoms with Gasteiger partial charge in [0.1, 0.15) is 0 Å². The van der Waals surface area contributed by atoms with E-state index in [2.05, 4.69) is 10.4 Å². The molecule has 1 N–H and O–H groups in total. The van der Waals surface area contributed by atoms with Crippen molar-refractivity contribution in [3.63, 3.8) is 0 Å². The number of hydrogen-bond donors (Lipinski definition) is 1. The monoisotopic (exact) mass is 190 g/mol. The fourth-order valence-electron chi connectivity index (χ4n) is 0.542. The zero-order chi connectivity index (χ0) is 9.56. The van der Waals surface area contributed by atoms with E-state index >= 15 is 0 Å². The van der Waals surface area contributed by atoms with E-state index in [9.17, 15) is 14.2 Å². The number of carboxylic acid groups (broad SMARTS) is 1. The number of ether oxygens (including phenoxy) is 1. The first-order valence-corrected chi connectivity index (χ1v) is 3.80. The summed E-state index contributed by atoms with van der Waals surface area (Å²) in [6, 6.07) is 0. The maximum absolute atomic E-state index is 10.7. The Balaban J connectivity index is 4.39. The van der Waals surface area contributed by atoms with Gasteiger partial charge in [0.25, 0.3) is 0 Å². The van der Waals surface area contributed by atoms with Crippen LogP contribution in [0.3, 0.4) is 0 Å². The Morgan fingerprint density at radius 2 is 2.25 bits per heavy atom. The summed E-state index contributed by atoms with van der Waals surface area (Å²) in [5.74, 6) is -3.48. The van der Waals surface area contributed by atoms with E-state index in [0.29, 0.717) is 0 Å². The molecule has 0 heterocycles. The molecule has 0 spiro atoms. The molecule has 66 valence electrons. The minimum absolute atomic E-state index is 0.215. The number of aliphatic carboxylic acids is 1. The fraction of sp³-hybridized carbons (Fsp3) is 0.500. The molecular weight excluding hydrogens is 183 g/mol. The summed E-state index contributed by atoms with van der Waals surface area (Å²) in [6.45, 7) is 0. The van der Waals surface area contributed by atoms with Crippen LogP contribution in [0.25, 0.3) is 0 Å². The molecule has 0 fully saturated rings. The SMILES string of the molecule is COC(=O)C(CC#P=O)C(=O)O. The Kier molecular flexibility index (Phi) is 5.09. The molecule has 0 aromatic heterocycles. The van der Waals surface area contributed by atoms with E-state index in [1.54, 1.807) is 0 Å². The molecule has 0 bridgehead atoms. The molecule has 0 aliphatic heterocycles. The van der Waals surface area contributed by atoms with E-state index in [1.165, 1.54) is 0 Å². The van der Waals surface area contributed by atoms with Crippen LogP contribution in [0, 0.1) is 11.5 Å². The zero-order valence-corrected chi connectivity index (χ0v) is 7.21. The van der Waals surface area contributed by atoms with Crippen LogP contribution in [0.2, 0.25) is 0 Å². The molecule has 6 heteroatoms. The van der Waals surface area contributed by atoms with Crippen LogP contribution in [0.5, 0.6) is 0 Å². The average molecular weight is 190 g/mol. The molecule has 5 nitrogen and oxygen atoms in total. The van der Waals surface area contributed by atoms with Gasteiger partial charge in [0.15, 0.2) is 0 Å². The van der Waals surface area contributed by atoms with Gasteiger partial charge in [-0.15, -0.1) is 0 Å². The second-order valence-electron chi connectivity index (χ2n) is 1.87. The van der Waals surface area contributed by atoms with Crippen molar-refractivity contribution in [2.24, 2.45) is 5.92 Å². The predicted molar refractivity (Wildman–Crippen MR) is 39.3 cm³/mol. The average Bonchev–Trinajstić information content (AvgIpc) is 2.04. The summed E-state index contributed by atoms with van der Waals surface area (Å²) < 4.78 is 14.1. The normalized spacial score (nSPS) is 11.1. The number of hydrogen-bond acceptors (Lipinski definition) is 4. The van der Waals surface area contributed by atoms with Crippen molar-refractivity contribution in [1.29, 1.82) is 0 Å². The Morgan fingerprint density at radius 3 is 2.58 bits per heavy atom. The predicted octanol–water partition coefficient (Wildman–Crippen LogP) is 0.501. The Hall–Kier alpha value is -1.05. The van der Waals surface area contributed by atoms with Crippen LogP contribution in [-0.2, 0) is 18.9 Å². The zero-order valence-electron chi connectivity index (χ0n) is 6.31. The van der Waals surface area contributed by atoms with Gasteiger partial charge in [-0.2, -0.15) is 0 Å². The van der Waals surface area contributed by atoms with Gasteiger partial charge in [0.05, 0.1) is 0 Å². The van der Waals surface area contributed by atoms with E-state index in [0.717, 1.165) is 7.11 Å². The van der Waals surface area contributed by atoms with Crippen molar-refractivity contribution in [1.82, 2.24) is 0 Å². The summed E-state index contributed by atoms with van der Waals surface area (Å²) in [4.78, 5) is 21.1. The molecule has 0 amide bonds. The van der Waals surface area contributed by atoms with Gasteiger partial charge in [-0.1, -0.05) is 0 Å². The van der Waals surface area contributed by atoms with Crippen molar-refractivity contribution < 1.29 is 24.0 Å². The molecule has 12 heavy (non-hydrogen) atoms. The van der Waals surface area contributed by atoms with Crippen molar-refractivity contribution in [2.75, 3.05) is 7.11 Å². The van der Waals surface area contributed by atoms with Crippen LogP contribution in [0.15, 0.2) is 0 Å². The van der Waals surface area contributed by atoms with Gasteiger partial charge in [0, 0.05) is 0 Å². The molecule has 0 rings (SSSR count). The van der Waals surface area contributed by atoms with E-state index in [4.69, 9.17) is 5.11 Å². The van der Waals surface area contributed by atoms with Crippen LogP contribution >= 0.6 is 7.92 Å². The molecule has 0 aliphatic carbocycles. The third kappa shape index (κ3) is 3.37. The van der Waals surface area contributed by atoms with Crippen molar-refractivity contribution in [3.8, 4) is 5.63 Å². The maximum atomic E-state index is 10.7. The molecule has 0 saturated heterocycles. The van der Waals surface area contributed by atoms with Gasteiger partial charge in [-0.25, -0.2) is 0 Å². The number of carbonyl (C=O) groups is 2. The van der Waals surface area contributed by atoms with Crippen LogP contribution in [0.1, 0.15) is 6.42 Å². The number of methoxy groups -OCH3 is 1. The van der Waals surface area contributed by atoms with E-state index in [1.807, 2.05) is 0 Å². The first-order chi connectivity index (χ1) is 5.63. The summed E-state index contributed by atoms with van der Waals surface area (Å²) in [6.07, 6.45) is -0.215. The number of carboxylic acids is 1. The first-order valence-electron chi connectivity index (χ1n) is 2.99. The van der Waals surface area contributed by atoms with Gasteiger partial charge >= 0.3 is 68.9 Å². The third-order valence-corrected chi connectivity index (χ3v) is 1.46. The van der Waals surface area contributed by atoms with E-state index < -0.39 is 25.8 Å². The number of rotatable bonds is 3. The summed E-state index contributed by atoms with van der Waals surface area (Å²) >= 11 is 0. The fourth-order valence-corrected chi connectivity index (χ4v) is 0.799. The van der Waals surface area contributed by atoms with Gasteiger partial charge in [-0.05, 0) is 0 Å². The second kappa shape index (κ2) is 5.58. The summed E-state index contributed by atoms with van der Waals surface area (Å²) in [5, 5.41) is 8.46. The minimum atomic E-state index is -1.31. The summed E-state index contributed by atoms with van der Waals surface area (Å²) in [7, 11) is 0.676. The Labute approximate surface area is 69.8 Å². The van der Waals surface area contributed by atoms with Crippen LogP contribution < -0.4 is 0 Å². The molecular formula is C6H7O5P. The van der Waals surface area contributed by atoms with Gasteiger partial charge < -0.3 is 0 Å². The van der Waals surface area contributed by atoms with Crippen molar-refractivity contribution in [2.45, 2.75) is 6.42 Å².